The zero-order valence-corrected chi connectivity index (χ0v) is 11.2. The Hall–Kier alpha value is 0.270. The van der Waals surface area contributed by atoms with Crippen LogP contribution in [0.25, 0.3) is 0 Å². The van der Waals surface area contributed by atoms with Crippen molar-refractivity contribution in [3.8, 4) is 0 Å². The van der Waals surface area contributed by atoms with Crippen LogP contribution in [0.4, 0.5) is 0 Å². The minimum absolute atomic E-state index is 0.602. The van der Waals surface area contributed by atoms with Crippen molar-refractivity contribution < 1.29 is 0 Å². The van der Waals surface area contributed by atoms with E-state index in [4.69, 9.17) is 0 Å². The van der Waals surface area contributed by atoms with Crippen LogP contribution in [-0.2, 0) is 0 Å². The fraction of sp³-hybridized carbons (Fsp3) is 1.00. The fourth-order valence-electron chi connectivity index (χ4n) is 1.80. The van der Waals surface area contributed by atoms with Crippen molar-refractivity contribution in [1.29, 1.82) is 0 Å². The highest BCUT2D eigenvalue weighted by Gasteiger charge is 2.15. The second kappa shape index (κ2) is 7.53. The van der Waals surface area contributed by atoms with E-state index in [1.807, 2.05) is 0 Å². The molecule has 2 unspecified atom stereocenters. The van der Waals surface area contributed by atoms with Crippen LogP contribution in [0, 0.1) is 5.92 Å². The summed E-state index contributed by atoms with van der Waals surface area (Å²) >= 11 is 2.13. The quantitative estimate of drug-likeness (QED) is 0.700. The van der Waals surface area contributed by atoms with E-state index in [2.05, 4.69) is 43.2 Å². The Labute approximate surface area is 99.0 Å². The minimum atomic E-state index is 0.602. The van der Waals surface area contributed by atoms with Crippen molar-refractivity contribution in [2.45, 2.75) is 44.9 Å². The first-order valence-corrected chi connectivity index (χ1v) is 7.29. The van der Waals surface area contributed by atoms with Gasteiger partial charge in [0.25, 0.3) is 0 Å². The number of hydrogen-bond donors (Lipinski definition) is 2. The van der Waals surface area contributed by atoms with Gasteiger partial charge < -0.3 is 10.6 Å². The van der Waals surface area contributed by atoms with Gasteiger partial charge >= 0.3 is 0 Å². The van der Waals surface area contributed by atoms with E-state index in [1.165, 1.54) is 25.1 Å². The molecule has 0 spiro atoms. The number of thioether (sulfide) groups is 1. The van der Waals surface area contributed by atoms with Crippen LogP contribution in [0.3, 0.4) is 0 Å². The van der Waals surface area contributed by atoms with E-state index in [0.29, 0.717) is 6.04 Å². The topological polar surface area (TPSA) is 24.1 Å². The van der Waals surface area contributed by atoms with Gasteiger partial charge in [0, 0.05) is 24.4 Å². The lowest BCUT2D eigenvalue weighted by Crippen LogP contribution is -2.40. The molecule has 0 aromatic heterocycles. The molecule has 15 heavy (non-hydrogen) atoms. The van der Waals surface area contributed by atoms with Crippen molar-refractivity contribution in [1.82, 2.24) is 10.6 Å². The highest BCUT2D eigenvalue weighted by Crippen LogP contribution is 2.25. The molecule has 0 aliphatic carbocycles. The van der Waals surface area contributed by atoms with Crippen LogP contribution >= 0.6 is 11.8 Å². The summed E-state index contributed by atoms with van der Waals surface area (Å²) in [4.78, 5) is 0. The zero-order valence-electron chi connectivity index (χ0n) is 10.4. The molecule has 3 heteroatoms. The lowest BCUT2D eigenvalue weighted by Gasteiger charge is -2.18. The molecular weight excluding hydrogens is 204 g/mol. The van der Waals surface area contributed by atoms with Crippen LogP contribution in [0.1, 0.15) is 33.6 Å². The Bertz CT molecular complexity index is 156. The van der Waals surface area contributed by atoms with Gasteiger partial charge in [-0.1, -0.05) is 13.8 Å². The van der Waals surface area contributed by atoms with Gasteiger partial charge in [0.05, 0.1) is 0 Å². The maximum Gasteiger partial charge on any atom is 0.0172 e. The molecule has 0 radical (unpaired) electrons. The van der Waals surface area contributed by atoms with Gasteiger partial charge in [0.15, 0.2) is 0 Å². The van der Waals surface area contributed by atoms with Crippen molar-refractivity contribution in [2.24, 2.45) is 5.92 Å². The third-order valence-corrected chi connectivity index (χ3v) is 4.12. The molecule has 0 bridgehead atoms. The zero-order chi connectivity index (χ0) is 11.1. The van der Waals surface area contributed by atoms with Gasteiger partial charge in [-0.15, -0.1) is 0 Å². The van der Waals surface area contributed by atoms with E-state index >= 15 is 0 Å². The minimum Gasteiger partial charge on any atom is -0.315 e. The van der Waals surface area contributed by atoms with Crippen molar-refractivity contribution in [3.05, 3.63) is 0 Å². The van der Waals surface area contributed by atoms with Gasteiger partial charge in [-0.2, -0.15) is 11.8 Å². The smallest absolute Gasteiger partial charge is 0.0172 e. The molecule has 1 fully saturated rings. The van der Waals surface area contributed by atoms with Crippen LogP contribution in [0.5, 0.6) is 0 Å². The molecule has 1 aliphatic heterocycles. The highest BCUT2D eigenvalue weighted by molar-refractivity contribution is 8.00. The van der Waals surface area contributed by atoms with Crippen molar-refractivity contribution >= 4 is 11.8 Å². The molecule has 0 amide bonds. The Balaban J connectivity index is 1.95. The summed E-state index contributed by atoms with van der Waals surface area (Å²) in [7, 11) is 0. The van der Waals surface area contributed by atoms with E-state index in [9.17, 15) is 0 Å². The van der Waals surface area contributed by atoms with Crippen LogP contribution in [-0.4, -0.2) is 36.7 Å². The first-order valence-electron chi connectivity index (χ1n) is 6.24. The lowest BCUT2D eigenvalue weighted by atomic mass is 10.2. The predicted octanol–water partition coefficient (Wildman–Crippen LogP) is 2.11. The molecule has 1 rings (SSSR count). The second-order valence-electron chi connectivity index (χ2n) is 5.00. The molecule has 0 aromatic carbocycles. The van der Waals surface area contributed by atoms with Crippen LogP contribution in [0.15, 0.2) is 0 Å². The Morgan fingerprint density at radius 2 is 2.07 bits per heavy atom. The monoisotopic (exact) mass is 230 g/mol. The van der Waals surface area contributed by atoms with Gasteiger partial charge in [-0.25, -0.2) is 0 Å². The third kappa shape index (κ3) is 6.44. The average molecular weight is 230 g/mol. The number of rotatable bonds is 7. The first kappa shape index (κ1) is 13.3. The standard InChI is InChI=1S/C12H26N2S/c1-10(2)7-13-8-11(3)14-9-12-5-4-6-15-12/h10-14H,4-9H2,1-3H3. The lowest BCUT2D eigenvalue weighted by molar-refractivity contribution is 0.470. The molecule has 2 N–H and O–H groups in total. The predicted molar refractivity (Wildman–Crippen MR) is 70.7 cm³/mol. The molecular formula is C12H26N2S. The summed E-state index contributed by atoms with van der Waals surface area (Å²) in [5.74, 6) is 2.12. The summed E-state index contributed by atoms with van der Waals surface area (Å²) < 4.78 is 0. The molecule has 1 aliphatic rings. The van der Waals surface area contributed by atoms with Crippen molar-refractivity contribution in [2.75, 3.05) is 25.4 Å². The van der Waals surface area contributed by atoms with Crippen molar-refractivity contribution in [3.63, 3.8) is 0 Å². The largest absolute Gasteiger partial charge is 0.315 e. The number of nitrogens with one attached hydrogen (secondary N) is 2. The first-order chi connectivity index (χ1) is 7.18. The fourth-order valence-corrected chi connectivity index (χ4v) is 3.01. The van der Waals surface area contributed by atoms with Gasteiger partial charge in [-0.3, -0.25) is 0 Å². The number of hydrogen-bond acceptors (Lipinski definition) is 3. The summed E-state index contributed by atoms with van der Waals surface area (Å²) in [6, 6.07) is 0.602. The second-order valence-corrected chi connectivity index (χ2v) is 6.40. The molecule has 1 heterocycles. The molecule has 0 aromatic rings. The summed E-state index contributed by atoms with van der Waals surface area (Å²) in [6.07, 6.45) is 2.82. The Morgan fingerprint density at radius 3 is 2.67 bits per heavy atom. The molecule has 2 nitrogen and oxygen atoms in total. The van der Waals surface area contributed by atoms with Gasteiger partial charge in [-0.05, 0) is 38.0 Å². The van der Waals surface area contributed by atoms with E-state index in [1.54, 1.807) is 0 Å². The molecule has 2 atom stereocenters. The highest BCUT2D eigenvalue weighted by atomic mass is 32.2. The summed E-state index contributed by atoms with van der Waals surface area (Å²) in [5.41, 5.74) is 0. The van der Waals surface area contributed by atoms with Crippen LogP contribution < -0.4 is 10.6 Å². The Kier molecular flexibility index (Phi) is 6.69. The average Bonchev–Trinajstić information content (AvgIpc) is 2.66. The SMILES string of the molecule is CC(C)CNCC(C)NCC1CCCS1. The van der Waals surface area contributed by atoms with E-state index < -0.39 is 0 Å². The van der Waals surface area contributed by atoms with Gasteiger partial charge in [0.1, 0.15) is 0 Å². The van der Waals surface area contributed by atoms with E-state index in [0.717, 1.165) is 24.3 Å². The van der Waals surface area contributed by atoms with Crippen LogP contribution in [0.2, 0.25) is 0 Å². The normalized spacial score (nSPS) is 23.6. The molecule has 0 saturated carbocycles. The summed E-state index contributed by atoms with van der Waals surface area (Å²) in [5, 5.41) is 7.98. The van der Waals surface area contributed by atoms with E-state index in [-0.39, 0.29) is 0 Å². The molecule has 1 saturated heterocycles. The maximum atomic E-state index is 3.61. The summed E-state index contributed by atoms with van der Waals surface area (Å²) in [6.45, 7) is 10.2. The molecule has 90 valence electrons. The van der Waals surface area contributed by atoms with Gasteiger partial charge in [0.2, 0.25) is 0 Å². The Morgan fingerprint density at radius 1 is 1.27 bits per heavy atom. The third-order valence-electron chi connectivity index (χ3n) is 2.72. The maximum absolute atomic E-state index is 3.61.